The quantitative estimate of drug-likeness (QED) is 0.330. The second kappa shape index (κ2) is 12.2. The number of carboxylic acids is 1. The van der Waals surface area contributed by atoms with Crippen molar-refractivity contribution in [2.75, 3.05) is 6.54 Å². The number of carbonyl (C=O) groups is 2. The first-order chi connectivity index (χ1) is 16.7. The molecule has 1 atom stereocenters. The second-order valence-corrected chi connectivity index (χ2v) is 9.93. The van der Waals surface area contributed by atoms with E-state index in [2.05, 4.69) is 12.2 Å². The number of ether oxygens (including phenoxy) is 1. The van der Waals surface area contributed by atoms with Crippen LogP contribution in [0, 0.1) is 25.7 Å². The van der Waals surface area contributed by atoms with Crippen LogP contribution in [0.15, 0.2) is 21.3 Å². The van der Waals surface area contributed by atoms with Crippen molar-refractivity contribution in [1.29, 1.82) is 0 Å². The molecule has 0 radical (unpaired) electrons. The van der Waals surface area contributed by atoms with Gasteiger partial charge in [-0.2, -0.15) is 0 Å². The van der Waals surface area contributed by atoms with Gasteiger partial charge in [0, 0.05) is 23.1 Å². The molecule has 1 aliphatic rings. The summed E-state index contributed by atoms with van der Waals surface area (Å²) in [4.78, 5) is 36.4. The maximum atomic E-state index is 12.7. The van der Waals surface area contributed by atoms with Gasteiger partial charge in [-0.05, 0) is 82.9 Å². The van der Waals surface area contributed by atoms with Gasteiger partial charge in [-0.3, -0.25) is 9.59 Å². The number of benzene rings is 1. The highest BCUT2D eigenvalue weighted by atomic mass is 16.5. The standard InChI is InChI=1S/C28H39NO6/c1-5-6-7-8-9-23-17(2)22-14-15-24(18(3)25(22)35-28(23)33)34-19(4)26(30)29-16-20-10-12-21(13-11-20)27(31)32/h14-15,19-21H,5-13,16H2,1-4H3,(H,29,30)(H,31,32). The maximum absolute atomic E-state index is 12.7. The number of hydrogen-bond donors (Lipinski definition) is 2. The molecule has 1 unspecified atom stereocenters. The predicted octanol–water partition coefficient (Wildman–Crippen LogP) is 5.31. The van der Waals surface area contributed by atoms with Gasteiger partial charge in [0.15, 0.2) is 6.10 Å². The molecule has 2 aromatic rings. The number of unbranched alkanes of at least 4 members (excludes halogenated alkanes) is 3. The third kappa shape index (κ3) is 6.65. The van der Waals surface area contributed by atoms with E-state index in [1.807, 2.05) is 26.0 Å². The molecule has 192 valence electrons. The van der Waals surface area contributed by atoms with Crippen molar-refractivity contribution < 1.29 is 23.8 Å². The van der Waals surface area contributed by atoms with E-state index in [1.54, 1.807) is 6.92 Å². The van der Waals surface area contributed by atoms with E-state index in [0.29, 0.717) is 36.3 Å². The lowest BCUT2D eigenvalue weighted by atomic mass is 9.82. The Morgan fingerprint density at radius 3 is 2.49 bits per heavy atom. The van der Waals surface area contributed by atoms with Gasteiger partial charge < -0.3 is 19.6 Å². The number of aliphatic carboxylic acids is 1. The first kappa shape index (κ1) is 26.8. The largest absolute Gasteiger partial charge is 0.481 e. The Morgan fingerprint density at radius 1 is 1.11 bits per heavy atom. The molecule has 0 bridgehead atoms. The lowest BCUT2D eigenvalue weighted by molar-refractivity contribution is -0.143. The minimum atomic E-state index is -0.727. The second-order valence-electron chi connectivity index (χ2n) is 9.93. The fraction of sp³-hybridized carbons (Fsp3) is 0.607. The zero-order valence-corrected chi connectivity index (χ0v) is 21.4. The fourth-order valence-corrected chi connectivity index (χ4v) is 4.96. The molecule has 1 aromatic heterocycles. The number of carbonyl (C=O) groups excluding carboxylic acids is 1. The van der Waals surface area contributed by atoms with Crippen LogP contribution < -0.4 is 15.7 Å². The van der Waals surface area contributed by atoms with Crippen molar-refractivity contribution in [2.45, 2.75) is 91.6 Å². The van der Waals surface area contributed by atoms with Gasteiger partial charge in [0.1, 0.15) is 11.3 Å². The van der Waals surface area contributed by atoms with Crippen LogP contribution in [0.3, 0.4) is 0 Å². The van der Waals surface area contributed by atoms with Crippen molar-refractivity contribution in [3.8, 4) is 5.75 Å². The Balaban J connectivity index is 1.63. The summed E-state index contributed by atoms with van der Waals surface area (Å²) in [5, 5.41) is 13.0. The Morgan fingerprint density at radius 2 is 1.83 bits per heavy atom. The van der Waals surface area contributed by atoms with Gasteiger partial charge in [-0.25, -0.2) is 4.79 Å². The van der Waals surface area contributed by atoms with Gasteiger partial charge >= 0.3 is 11.6 Å². The Labute approximate surface area is 207 Å². The normalized spacial score (nSPS) is 18.9. The van der Waals surface area contributed by atoms with Crippen molar-refractivity contribution in [1.82, 2.24) is 5.32 Å². The van der Waals surface area contributed by atoms with Crippen LogP contribution in [0.5, 0.6) is 5.75 Å². The van der Waals surface area contributed by atoms with Crippen LogP contribution in [0.4, 0.5) is 0 Å². The average Bonchev–Trinajstić information content (AvgIpc) is 2.84. The summed E-state index contributed by atoms with van der Waals surface area (Å²) in [6.07, 6.45) is 7.30. The van der Waals surface area contributed by atoms with Gasteiger partial charge in [0.2, 0.25) is 0 Å². The molecule has 7 nitrogen and oxygen atoms in total. The smallest absolute Gasteiger partial charge is 0.339 e. The molecular formula is C28H39NO6. The van der Waals surface area contributed by atoms with Gasteiger partial charge in [0.05, 0.1) is 5.92 Å². The highest BCUT2D eigenvalue weighted by molar-refractivity contribution is 5.86. The van der Waals surface area contributed by atoms with Crippen LogP contribution in [0.1, 0.15) is 81.9 Å². The predicted molar refractivity (Wildman–Crippen MR) is 136 cm³/mol. The number of rotatable bonds is 11. The first-order valence-electron chi connectivity index (χ1n) is 13.0. The maximum Gasteiger partial charge on any atom is 0.339 e. The third-order valence-corrected chi connectivity index (χ3v) is 7.37. The molecule has 1 fully saturated rings. The Kier molecular flexibility index (Phi) is 9.35. The third-order valence-electron chi connectivity index (χ3n) is 7.37. The lowest BCUT2D eigenvalue weighted by Crippen LogP contribution is -2.39. The highest BCUT2D eigenvalue weighted by Gasteiger charge is 2.27. The molecule has 1 saturated carbocycles. The summed E-state index contributed by atoms with van der Waals surface area (Å²) in [7, 11) is 0. The summed E-state index contributed by atoms with van der Waals surface area (Å²) in [6.45, 7) is 8.18. The molecule has 0 aliphatic heterocycles. The molecule has 3 rings (SSSR count). The SMILES string of the molecule is CCCCCCc1c(C)c2ccc(OC(C)C(=O)NCC3CCC(C(=O)O)CC3)c(C)c2oc1=O. The van der Waals surface area contributed by atoms with Crippen molar-refractivity contribution in [3.05, 3.63) is 39.2 Å². The first-order valence-corrected chi connectivity index (χ1v) is 13.0. The molecule has 1 heterocycles. The summed E-state index contributed by atoms with van der Waals surface area (Å²) >= 11 is 0. The number of aryl methyl sites for hydroxylation is 2. The van der Waals surface area contributed by atoms with Gasteiger partial charge in [-0.15, -0.1) is 0 Å². The molecule has 2 N–H and O–H groups in total. The number of fused-ring (bicyclic) bond motifs is 1. The summed E-state index contributed by atoms with van der Waals surface area (Å²) in [6, 6.07) is 3.74. The zero-order chi connectivity index (χ0) is 25.5. The van der Waals surface area contributed by atoms with Crippen molar-refractivity contribution in [3.63, 3.8) is 0 Å². The van der Waals surface area contributed by atoms with Gasteiger partial charge in [-0.1, -0.05) is 26.2 Å². The van der Waals surface area contributed by atoms with E-state index in [4.69, 9.17) is 14.3 Å². The molecule has 0 saturated heterocycles. The van der Waals surface area contributed by atoms with Crippen molar-refractivity contribution >= 4 is 22.8 Å². The van der Waals surface area contributed by atoms with E-state index in [-0.39, 0.29) is 23.4 Å². The molecular weight excluding hydrogens is 446 g/mol. The van der Waals surface area contributed by atoms with E-state index in [9.17, 15) is 14.4 Å². The minimum Gasteiger partial charge on any atom is -0.481 e. The van der Waals surface area contributed by atoms with E-state index in [0.717, 1.165) is 61.5 Å². The average molecular weight is 486 g/mol. The van der Waals surface area contributed by atoms with Gasteiger partial charge in [0.25, 0.3) is 5.91 Å². The number of nitrogens with one attached hydrogen (secondary N) is 1. The lowest BCUT2D eigenvalue weighted by Gasteiger charge is -2.26. The summed E-state index contributed by atoms with van der Waals surface area (Å²) < 4.78 is 11.7. The monoisotopic (exact) mass is 485 g/mol. The van der Waals surface area contributed by atoms with E-state index < -0.39 is 12.1 Å². The molecule has 1 aliphatic carbocycles. The van der Waals surface area contributed by atoms with E-state index >= 15 is 0 Å². The molecule has 35 heavy (non-hydrogen) atoms. The Hall–Kier alpha value is -2.83. The number of amides is 1. The summed E-state index contributed by atoms with van der Waals surface area (Å²) in [5.74, 6) is -0.404. The summed E-state index contributed by atoms with van der Waals surface area (Å²) in [5.41, 5.74) is 2.60. The number of hydrogen-bond acceptors (Lipinski definition) is 5. The Bertz CT molecular complexity index is 1100. The highest BCUT2D eigenvalue weighted by Crippen LogP contribution is 2.31. The molecule has 1 aromatic carbocycles. The van der Waals surface area contributed by atoms with E-state index in [1.165, 1.54) is 0 Å². The van der Waals surface area contributed by atoms with Crippen LogP contribution >= 0.6 is 0 Å². The molecule has 0 spiro atoms. The minimum absolute atomic E-state index is 0.218. The van der Waals surface area contributed by atoms with Crippen LogP contribution in [-0.2, 0) is 16.0 Å². The van der Waals surface area contributed by atoms with Crippen LogP contribution in [0.25, 0.3) is 11.0 Å². The van der Waals surface area contributed by atoms with Crippen LogP contribution in [0.2, 0.25) is 0 Å². The zero-order valence-electron chi connectivity index (χ0n) is 21.4. The molecule has 7 heteroatoms. The fourth-order valence-electron chi connectivity index (χ4n) is 4.96. The number of carboxylic acid groups (broad SMARTS) is 1. The molecule has 1 amide bonds. The topological polar surface area (TPSA) is 106 Å². The van der Waals surface area contributed by atoms with Crippen LogP contribution in [-0.4, -0.2) is 29.6 Å². The van der Waals surface area contributed by atoms with Crippen molar-refractivity contribution in [2.24, 2.45) is 11.8 Å².